The van der Waals surface area contributed by atoms with E-state index in [1.807, 2.05) is 50.5 Å². The molecule has 6 nitrogen and oxygen atoms in total. The van der Waals surface area contributed by atoms with E-state index in [2.05, 4.69) is 20.1 Å². The lowest BCUT2D eigenvalue weighted by atomic mass is 10.2. The molecule has 0 unspecified atom stereocenters. The molecule has 1 aromatic carbocycles. The summed E-state index contributed by atoms with van der Waals surface area (Å²) in [5.74, 6) is 1.89. The largest absolute Gasteiger partial charge is 0.453 e. The Labute approximate surface area is 143 Å². The fourth-order valence-electron chi connectivity index (χ4n) is 2.58. The standard InChI is InChI=1S/C17H14ClN5O/c1-10-12(9-23(2)22-10)16-20-14-15(13(18)8-19-17(14)21-16)24-11-6-4-3-5-7-11/h3-9H,1-2H3,(H,19,20,21). The zero-order valence-electron chi connectivity index (χ0n) is 13.1. The van der Waals surface area contributed by atoms with E-state index < -0.39 is 0 Å². The molecule has 0 amide bonds. The number of aromatic nitrogens is 5. The quantitative estimate of drug-likeness (QED) is 0.609. The van der Waals surface area contributed by atoms with Crippen LogP contribution in [0, 0.1) is 6.92 Å². The number of aromatic amines is 1. The second kappa shape index (κ2) is 5.65. The van der Waals surface area contributed by atoms with Gasteiger partial charge in [0.15, 0.2) is 11.4 Å². The Kier molecular flexibility index (Phi) is 3.46. The highest BCUT2D eigenvalue weighted by Gasteiger charge is 2.17. The number of nitrogens with one attached hydrogen (secondary N) is 1. The molecule has 24 heavy (non-hydrogen) atoms. The number of fused-ring (bicyclic) bond motifs is 1. The van der Waals surface area contributed by atoms with Gasteiger partial charge in [-0.1, -0.05) is 29.8 Å². The van der Waals surface area contributed by atoms with Crippen LogP contribution in [0.2, 0.25) is 5.02 Å². The van der Waals surface area contributed by atoms with Crippen molar-refractivity contribution in [1.82, 2.24) is 24.7 Å². The monoisotopic (exact) mass is 339 g/mol. The Morgan fingerprint density at radius 2 is 2.00 bits per heavy atom. The summed E-state index contributed by atoms with van der Waals surface area (Å²) in [6, 6.07) is 9.46. The van der Waals surface area contributed by atoms with Gasteiger partial charge in [0.05, 0.1) is 17.5 Å². The van der Waals surface area contributed by atoms with Crippen molar-refractivity contribution in [1.29, 1.82) is 0 Å². The number of hydrogen-bond acceptors (Lipinski definition) is 4. The van der Waals surface area contributed by atoms with Crippen LogP contribution in [-0.4, -0.2) is 24.7 Å². The molecule has 1 N–H and O–H groups in total. The lowest BCUT2D eigenvalue weighted by Crippen LogP contribution is -1.88. The molecule has 0 spiro atoms. The number of imidazole rings is 1. The number of halogens is 1. The van der Waals surface area contributed by atoms with Gasteiger partial charge in [0, 0.05) is 13.2 Å². The first-order valence-corrected chi connectivity index (χ1v) is 7.77. The van der Waals surface area contributed by atoms with Crippen LogP contribution in [0.3, 0.4) is 0 Å². The van der Waals surface area contributed by atoms with Crippen molar-refractivity contribution in [2.24, 2.45) is 7.05 Å². The molecule has 4 aromatic rings. The number of hydrogen-bond donors (Lipinski definition) is 1. The Morgan fingerprint density at radius 1 is 1.21 bits per heavy atom. The summed E-state index contributed by atoms with van der Waals surface area (Å²) < 4.78 is 7.69. The highest BCUT2D eigenvalue weighted by Crippen LogP contribution is 2.35. The smallest absolute Gasteiger partial charge is 0.182 e. The molecule has 3 heterocycles. The van der Waals surface area contributed by atoms with E-state index in [4.69, 9.17) is 16.3 Å². The molecule has 0 aliphatic carbocycles. The maximum Gasteiger partial charge on any atom is 0.182 e. The number of nitrogens with zero attached hydrogens (tertiary/aromatic N) is 4. The van der Waals surface area contributed by atoms with Crippen LogP contribution in [0.25, 0.3) is 22.6 Å². The first-order valence-electron chi connectivity index (χ1n) is 7.39. The lowest BCUT2D eigenvalue weighted by molar-refractivity contribution is 0.487. The molecule has 0 aliphatic rings. The van der Waals surface area contributed by atoms with Crippen LogP contribution in [0.4, 0.5) is 0 Å². The summed E-state index contributed by atoms with van der Waals surface area (Å²) in [6.45, 7) is 1.93. The maximum atomic E-state index is 6.29. The Hall–Kier alpha value is -2.86. The van der Waals surface area contributed by atoms with Gasteiger partial charge in [-0.3, -0.25) is 4.68 Å². The predicted octanol–water partition coefficient (Wildman–Crippen LogP) is 4.11. The van der Waals surface area contributed by atoms with Crippen molar-refractivity contribution in [3.8, 4) is 22.9 Å². The molecule has 0 atom stereocenters. The molecule has 4 rings (SSSR count). The average Bonchev–Trinajstić information content (AvgIpc) is 3.14. The average molecular weight is 340 g/mol. The van der Waals surface area contributed by atoms with Gasteiger partial charge >= 0.3 is 0 Å². The third-order valence-electron chi connectivity index (χ3n) is 3.66. The van der Waals surface area contributed by atoms with Gasteiger partial charge < -0.3 is 9.72 Å². The van der Waals surface area contributed by atoms with Crippen molar-refractivity contribution >= 4 is 22.8 Å². The zero-order chi connectivity index (χ0) is 16.7. The number of rotatable bonds is 3. The molecule has 7 heteroatoms. The third kappa shape index (κ3) is 2.51. The molecule has 0 saturated carbocycles. The molecule has 0 saturated heterocycles. The van der Waals surface area contributed by atoms with E-state index in [0.717, 1.165) is 11.3 Å². The van der Waals surface area contributed by atoms with Gasteiger partial charge in [0.2, 0.25) is 0 Å². The van der Waals surface area contributed by atoms with Crippen LogP contribution in [0.1, 0.15) is 5.69 Å². The van der Waals surface area contributed by atoms with Crippen molar-refractivity contribution in [3.05, 3.63) is 53.4 Å². The summed E-state index contributed by atoms with van der Waals surface area (Å²) >= 11 is 6.29. The van der Waals surface area contributed by atoms with E-state index in [1.54, 1.807) is 10.9 Å². The molecule has 0 bridgehead atoms. The Morgan fingerprint density at radius 3 is 2.71 bits per heavy atom. The van der Waals surface area contributed by atoms with E-state index >= 15 is 0 Å². The molecule has 120 valence electrons. The number of ether oxygens (including phenoxy) is 1. The van der Waals surface area contributed by atoms with E-state index in [1.165, 1.54) is 0 Å². The maximum absolute atomic E-state index is 6.29. The Balaban J connectivity index is 1.85. The predicted molar refractivity (Wildman–Crippen MR) is 92.4 cm³/mol. The minimum atomic E-state index is 0.421. The van der Waals surface area contributed by atoms with Crippen LogP contribution >= 0.6 is 11.6 Å². The van der Waals surface area contributed by atoms with Gasteiger partial charge in [0.1, 0.15) is 22.1 Å². The second-order valence-electron chi connectivity index (χ2n) is 5.44. The number of benzene rings is 1. The van der Waals surface area contributed by atoms with Crippen LogP contribution in [-0.2, 0) is 7.05 Å². The highest BCUT2D eigenvalue weighted by atomic mass is 35.5. The zero-order valence-corrected chi connectivity index (χ0v) is 13.9. The number of aryl methyl sites for hydroxylation is 2. The van der Waals surface area contributed by atoms with Crippen molar-refractivity contribution < 1.29 is 4.74 Å². The summed E-state index contributed by atoms with van der Waals surface area (Å²) in [4.78, 5) is 12.1. The van der Waals surface area contributed by atoms with Gasteiger partial charge in [0.25, 0.3) is 0 Å². The molecular weight excluding hydrogens is 326 g/mol. The molecular formula is C17H14ClN5O. The normalized spacial score (nSPS) is 11.1. The minimum absolute atomic E-state index is 0.421. The number of pyridine rings is 1. The molecule has 3 aromatic heterocycles. The number of para-hydroxylation sites is 1. The summed E-state index contributed by atoms with van der Waals surface area (Å²) in [7, 11) is 1.87. The minimum Gasteiger partial charge on any atom is -0.453 e. The van der Waals surface area contributed by atoms with Gasteiger partial charge in [-0.2, -0.15) is 5.10 Å². The molecule has 0 radical (unpaired) electrons. The fraction of sp³-hybridized carbons (Fsp3) is 0.118. The summed E-state index contributed by atoms with van der Waals surface area (Å²) in [5.41, 5.74) is 3.00. The van der Waals surface area contributed by atoms with Crippen molar-refractivity contribution in [2.75, 3.05) is 0 Å². The summed E-state index contributed by atoms with van der Waals surface area (Å²) in [5, 5.41) is 4.77. The fourth-order valence-corrected chi connectivity index (χ4v) is 2.76. The van der Waals surface area contributed by atoms with Gasteiger partial charge in [-0.15, -0.1) is 0 Å². The highest BCUT2D eigenvalue weighted by molar-refractivity contribution is 6.32. The van der Waals surface area contributed by atoms with Crippen molar-refractivity contribution in [3.63, 3.8) is 0 Å². The van der Waals surface area contributed by atoms with E-state index in [0.29, 0.717) is 33.5 Å². The van der Waals surface area contributed by atoms with Gasteiger partial charge in [-0.25, -0.2) is 9.97 Å². The van der Waals surface area contributed by atoms with E-state index in [-0.39, 0.29) is 0 Å². The van der Waals surface area contributed by atoms with Crippen molar-refractivity contribution in [2.45, 2.75) is 6.92 Å². The van der Waals surface area contributed by atoms with Crippen LogP contribution < -0.4 is 4.74 Å². The second-order valence-corrected chi connectivity index (χ2v) is 5.84. The number of H-pyrrole nitrogens is 1. The van der Waals surface area contributed by atoms with Crippen LogP contribution in [0.15, 0.2) is 42.7 Å². The molecule has 0 fully saturated rings. The Bertz CT molecular complexity index is 1020. The SMILES string of the molecule is Cc1nn(C)cc1-c1nc2ncc(Cl)c(Oc3ccccc3)c2[nH]1. The first kappa shape index (κ1) is 14.7. The summed E-state index contributed by atoms with van der Waals surface area (Å²) in [6.07, 6.45) is 3.45. The first-order chi connectivity index (χ1) is 11.6. The topological polar surface area (TPSA) is 68.6 Å². The van der Waals surface area contributed by atoms with Gasteiger partial charge in [-0.05, 0) is 19.1 Å². The lowest BCUT2D eigenvalue weighted by Gasteiger charge is -2.07. The molecule has 0 aliphatic heterocycles. The van der Waals surface area contributed by atoms with E-state index in [9.17, 15) is 0 Å². The third-order valence-corrected chi connectivity index (χ3v) is 3.93. The van der Waals surface area contributed by atoms with Crippen LogP contribution in [0.5, 0.6) is 11.5 Å².